The van der Waals surface area contributed by atoms with Crippen molar-refractivity contribution in [1.82, 2.24) is 14.9 Å². The molecule has 2 heterocycles. The van der Waals surface area contributed by atoms with Crippen molar-refractivity contribution in [3.05, 3.63) is 41.7 Å². The number of ether oxygens (including phenoxy) is 2. The van der Waals surface area contributed by atoms with Crippen LogP contribution in [0.3, 0.4) is 0 Å². The second kappa shape index (κ2) is 18.4. The van der Waals surface area contributed by atoms with Crippen LogP contribution < -0.4 is 14.4 Å². The van der Waals surface area contributed by atoms with Crippen LogP contribution in [0.2, 0.25) is 0 Å². The number of amides is 1. The van der Waals surface area contributed by atoms with Crippen LogP contribution in [0.4, 0.5) is 5.95 Å². The Bertz CT molecular complexity index is 928. The number of carbonyl (C=O) groups excluding carboxylic acids is 1. The number of fused-ring (bicyclic) bond motifs is 1. The Balaban J connectivity index is 0.000000552. The number of hydrogen-bond acceptors (Lipinski definition) is 6. The van der Waals surface area contributed by atoms with Gasteiger partial charge in [-0.15, -0.1) is 0 Å². The highest BCUT2D eigenvalue weighted by Gasteiger charge is 2.20. The zero-order chi connectivity index (χ0) is 28.5. The molecular formula is C31H52N4O3. The molecule has 7 heteroatoms. The lowest BCUT2D eigenvalue weighted by atomic mass is 9.88. The fourth-order valence-electron chi connectivity index (χ4n) is 3.51. The maximum atomic E-state index is 13.0. The van der Waals surface area contributed by atoms with E-state index >= 15 is 0 Å². The third-order valence-corrected chi connectivity index (χ3v) is 5.95. The first-order chi connectivity index (χ1) is 18.2. The second-order valence-electron chi connectivity index (χ2n) is 10.2. The quantitative estimate of drug-likeness (QED) is 0.359. The van der Waals surface area contributed by atoms with E-state index in [-0.39, 0.29) is 12.7 Å². The molecule has 0 atom stereocenters. The first-order valence-electron chi connectivity index (χ1n) is 14.5. The molecule has 7 nitrogen and oxygen atoms in total. The van der Waals surface area contributed by atoms with Gasteiger partial charge < -0.3 is 19.3 Å². The minimum absolute atomic E-state index is 0.00453. The summed E-state index contributed by atoms with van der Waals surface area (Å²) in [6.45, 7) is 19.3. The van der Waals surface area contributed by atoms with Gasteiger partial charge in [-0.3, -0.25) is 4.79 Å². The molecule has 0 unspecified atom stereocenters. The van der Waals surface area contributed by atoms with Gasteiger partial charge in [-0.1, -0.05) is 67.7 Å². The average molecular weight is 529 g/mol. The van der Waals surface area contributed by atoms with Gasteiger partial charge in [-0.05, 0) is 49.4 Å². The van der Waals surface area contributed by atoms with E-state index in [2.05, 4.69) is 51.5 Å². The molecule has 1 aliphatic carbocycles. The first-order valence-corrected chi connectivity index (χ1v) is 14.5. The largest absolute Gasteiger partial charge is 0.454 e. The van der Waals surface area contributed by atoms with Gasteiger partial charge in [0.05, 0.1) is 0 Å². The van der Waals surface area contributed by atoms with Crippen molar-refractivity contribution in [2.24, 2.45) is 11.8 Å². The summed E-state index contributed by atoms with van der Waals surface area (Å²) in [6.07, 6.45) is 7.81. The summed E-state index contributed by atoms with van der Waals surface area (Å²) in [6, 6.07) is 7.24. The highest BCUT2D eigenvalue weighted by Crippen LogP contribution is 2.32. The fraction of sp³-hybridized carbons (Fsp3) is 0.645. The first kappa shape index (κ1) is 33.2. The monoisotopic (exact) mass is 528 g/mol. The van der Waals surface area contributed by atoms with Crippen molar-refractivity contribution >= 4 is 11.9 Å². The van der Waals surface area contributed by atoms with Gasteiger partial charge in [0, 0.05) is 50.6 Å². The van der Waals surface area contributed by atoms with Gasteiger partial charge in [-0.2, -0.15) is 0 Å². The molecule has 0 bridgehead atoms. The third kappa shape index (κ3) is 11.7. The summed E-state index contributed by atoms with van der Waals surface area (Å²) >= 11 is 0. The SMILES string of the molecule is CC.CC(C)C.CC1CCC1.CCCN(CCc1ccnc(N(C)CC)n1)C(=O)c1ccc2c(c1)OCO2. The molecule has 1 fully saturated rings. The number of hydrogen-bond donors (Lipinski definition) is 0. The van der Waals surface area contributed by atoms with E-state index in [1.807, 2.05) is 36.8 Å². The van der Waals surface area contributed by atoms with Gasteiger partial charge in [0.1, 0.15) is 0 Å². The summed E-state index contributed by atoms with van der Waals surface area (Å²) in [5.41, 5.74) is 1.54. The Hall–Kier alpha value is -2.83. The average Bonchev–Trinajstić information content (AvgIpc) is 3.38. The normalized spacial score (nSPS) is 13.1. The van der Waals surface area contributed by atoms with Crippen molar-refractivity contribution in [1.29, 1.82) is 0 Å². The van der Waals surface area contributed by atoms with Crippen molar-refractivity contribution < 1.29 is 14.3 Å². The lowest BCUT2D eigenvalue weighted by molar-refractivity contribution is 0.0756. The molecule has 1 aromatic carbocycles. The lowest BCUT2D eigenvalue weighted by Crippen LogP contribution is -2.33. The Morgan fingerprint density at radius 1 is 1.05 bits per heavy atom. The summed E-state index contributed by atoms with van der Waals surface area (Å²) in [5.74, 6) is 3.91. The molecule has 214 valence electrons. The van der Waals surface area contributed by atoms with Crippen LogP contribution in [-0.4, -0.2) is 54.2 Å². The number of anilines is 1. The molecule has 1 aromatic heterocycles. The summed E-state index contributed by atoms with van der Waals surface area (Å²) < 4.78 is 10.7. The zero-order valence-corrected chi connectivity index (χ0v) is 25.4. The molecule has 0 radical (unpaired) electrons. The number of carbonyl (C=O) groups is 1. The molecular weight excluding hydrogens is 476 g/mol. The topological polar surface area (TPSA) is 67.8 Å². The van der Waals surface area contributed by atoms with Crippen LogP contribution in [0.5, 0.6) is 11.5 Å². The van der Waals surface area contributed by atoms with Crippen molar-refractivity contribution in [2.45, 2.75) is 87.5 Å². The molecule has 0 saturated heterocycles. The maximum Gasteiger partial charge on any atom is 0.254 e. The van der Waals surface area contributed by atoms with Crippen LogP contribution >= 0.6 is 0 Å². The molecule has 2 aliphatic rings. The van der Waals surface area contributed by atoms with E-state index < -0.39 is 0 Å². The molecule has 0 N–H and O–H groups in total. The molecule has 1 amide bonds. The van der Waals surface area contributed by atoms with Crippen LogP contribution in [0.25, 0.3) is 0 Å². The molecule has 38 heavy (non-hydrogen) atoms. The number of benzene rings is 1. The Morgan fingerprint density at radius 2 is 1.68 bits per heavy atom. The van der Waals surface area contributed by atoms with Crippen molar-refractivity contribution in [3.8, 4) is 11.5 Å². The molecule has 0 spiro atoms. The molecule has 4 rings (SSSR count). The van der Waals surface area contributed by atoms with Gasteiger partial charge >= 0.3 is 0 Å². The van der Waals surface area contributed by atoms with Gasteiger partial charge in [0.15, 0.2) is 11.5 Å². The van der Waals surface area contributed by atoms with Gasteiger partial charge in [-0.25, -0.2) is 9.97 Å². The second-order valence-corrected chi connectivity index (χ2v) is 10.2. The Kier molecular flexibility index (Phi) is 16.1. The fourth-order valence-corrected chi connectivity index (χ4v) is 3.51. The summed E-state index contributed by atoms with van der Waals surface area (Å²) in [5, 5.41) is 0. The van der Waals surface area contributed by atoms with E-state index in [1.165, 1.54) is 19.3 Å². The van der Waals surface area contributed by atoms with E-state index in [0.717, 1.165) is 30.5 Å². The zero-order valence-electron chi connectivity index (χ0n) is 25.4. The Morgan fingerprint density at radius 3 is 2.24 bits per heavy atom. The predicted molar refractivity (Wildman–Crippen MR) is 158 cm³/mol. The number of aromatic nitrogens is 2. The molecule has 1 saturated carbocycles. The highest BCUT2D eigenvalue weighted by molar-refractivity contribution is 5.95. The summed E-state index contributed by atoms with van der Waals surface area (Å²) in [4.78, 5) is 25.7. The van der Waals surface area contributed by atoms with E-state index in [1.54, 1.807) is 24.4 Å². The van der Waals surface area contributed by atoms with Crippen molar-refractivity contribution in [2.75, 3.05) is 38.4 Å². The van der Waals surface area contributed by atoms with E-state index in [0.29, 0.717) is 42.5 Å². The Labute approximate surface area is 232 Å². The van der Waals surface area contributed by atoms with Crippen LogP contribution in [0.15, 0.2) is 30.5 Å². The molecule has 1 aliphatic heterocycles. The maximum absolute atomic E-state index is 13.0. The van der Waals surface area contributed by atoms with E-state index in [4.69, 9.17) is 9.47 Å². The van der Waals surface area contributed by atoms with Gasteiger partial charge in [0.25, 0.3) is 5.91 Å². The highest BCUT2D eigenvalue weighted by atomic mass is 16.7. The minimum Gasteiger partial charge on any atom is -0.454 e. The van der Waals surface area contributed by atoms with Crippen molar-refractivity contribution in [3.63, 3.8) is 0 Å². The third-order valence-electron chi connectivity index (χ3n) is 5.95. The predicted octanol–water partition coefficient (Wildman–Crippen LogP) is 7.25. The number of nitrogens with zero attached hydrogens (tertiary/aromatic N) is 4. The lowest BCUT2D eigenvalue weighted by Gasteiger charge is -2.22. The van der Waals surface area contributed by atoms with Crippen LogP contribution in [0.1, 0.15) is 97.1 Å². The smallest absolute Gasteiger partial charge is 0.254 e. The van der Waals surface area contributed by atoms with Crippen LogP contribution in [-0.2, 0) is 6.42 Å². The molecule has 2 aromatic rings. The minimum atomic E-state index is -0.00453. The van der Waals surface area contributed by atoms with Crippen LogP contribution in [0, 0.1) is 11.8 Å². The van der Waals surface area contributed by atoms with E-state index in [9.17, 15) is 4.79 Å². The summed E-state index contributed by atoms with van der Waals surface area (Å²) in [7, 11) is 1.96. The van der Waals surface area contributed by atoms with Gasteiger partial charge in [0.2, 0.25) is 12.7 Å². The number of rotatable bonds is 8. The standard InChI is InChI=1S/C20H26N4O3.C5H10.C4H10.C2H6/c1-4-11-24(12-9-16-8-10-21-20(22-16)23(3)5-2)19(25)15-6-7-17-18(13-15)27-14-26-17;1-5-3-2-4-5;1-4(2)3;1-2/h6-8,10,13H,4-5,9,11-12,14H2,1-3H3;5H,2-4H2,1H3;4H,1-3H3;1-2H3.